The summed E-state index contributed by atoms with van der Waals surface area (Å²) in [6.07, 6.45) is 0. The van der Waals surface area contributed by atoms with E-state index in [9.17, 15) is 4.79 Å². The van der Waals surface area contributed by atoms with Crippen LogP contribution in [-0.2, 0) is 4.79 Å². The van der Waals surface area contributed by atoms with E-state index in [-0.39, 0.29) is 0 Å². The van der Waals surface area contributed by atoms with Crippen LogP contribution in [0.5, 0.6) is 0 Å². The highest BCUT2D eigenvalue weighted by atomic mass is 127. The molecular formula is C3H6INO2S. The molecule has 0 amide bonds. The van der Waals surface area contributed by atoms with Crippen LogP contribution in [0.4, 0.5) is 0 Å². The molecule has 2 N–H and O–H groups in total. The van der Waals surface area contributed by atoms with E-state index in [1.807, 2.05) is 0 Å². The smallest absolute Gasteiger partial charge is 0.322 e. The fourth-order valence-electron chi connectivity index (χ4n) is 0.159. The SMILES string of the molecule is O=C(O)[C@@H](CS)NI. The Hall–Kier alpha value is 0.510. The molecule has 5 heteroatoms. The molecule has 1 atom stereocenters. The predicted octanol–water partition coefficient (Wildman–Crippen LogP) is 0.309. The highest BCUT2D eigenvalue weighted by Crippen LogP contribution is 1.89. The minimum absolute atomic E-state index is 0.318. The Morgan fingerprint density at radius 1 is 2.00 bits per heavy atom. The average Bonchev–Trinajstić information content (AvgIpc) is 1.69. The van der Waals surface area contributed by atoms with Gasteiger partial charge in [0, 0.05) is 28.6 Å². The number of hydrogen-bond donors (Lipinski definition) is 3. The second-order valence-electron chi connectivity index (χ2n) is 1.18. The minimum atomic E-state index is -0.866. The molecule has 0 spiro atoms. The summed E-state index contributed by atoms with van der Waals surface area (Å²) >= 11 is 5.57. The van der Waals surface area contributed by atoms with Crippen LogP contribution in [0.1, 0.15) is 0 Å². The van der Waals surface area contributed by atoms with Crippen LogP contribution >= 0.6 is 35.5 Å². The van der Waals surface area contributed by atoms with Gasteiger partial charge in [0.1, 0.15) is 6.04 Å². The Balaban J connectivity index is 3.52. The summed E-state index contributed by atoms with van der Waals surface area (Å²) in [5.74, 6) is -0.549. The van der Waals surface area contributed by atoms with Crippen LogP contribution in [0.15, 0.2) is 0 Å². The number of nitrogens with one attached hydrogen (secondary N) is 1. The normalized spacial score (nSPS) is 13.2. The van der Waals surface area contributed by atoms with Gasteiger partial charge in [0.25, 0.3) is 0 Å². The van der Waals surface area contributed by atoms with Crippen molar-refractivity contribution in [3.63, 3.8) is 0 Å². The van der Waals surface area contributed by atoms with Crippen molar-refractivity contribution in [2.75, 3.05) is 5.75 Å². The fraction of sp³-hybridized carbons (Fsp3) is 0.667. The third-order valence-electron chi connectivity index (χ3n) is 0.612. The van der Waals surface area contributed by atoms with E-state index in [4.69, 9.17) is 5.11 Å². The molecule has 0 aliphatic heterocycles. The van der Waals surface area contributed by atoms with Crippen molar-refractivity contribution in [3.8, 4) is 0 Å². The van der Waals surface area contributed by atoms with Gasteiger partial charge in [-0.25, -0.2) is 3.53 Å². The number of carboxylic acids is 1. The van der Waals surface area contributed by atoms with Crippen LogP contribution in [0.25, 0.3) is 0 Å². The number of rotatable bonds is 3. The van der Waals surface area contributed by atoms with Gasteiger partial charge < -0.3 is 5.11 Å². The van der Waals surface area contributed by atoms with Crippen LogP contribution in [-0.4, -0.2) is 22.9 Å². The first-order valence-corrected chi connectivity index (χ1v) is 3.63. The zero-order chi connectivity index (χ0) is 6.57. The maximum Gasteiger partial charge on any atom is 0.322 e. The van der Waals surface area contributed by atoms with Crippen molar-refractivity contribution in [2.45, 2.75) is 6.04 Å². The molecule has 0 aromatic carbocycles. The Kier molecular flexibility index (Phi) is 4.68. The number of halogens is 1. The second-order valence-corrected chi connectivity index (χ2v) is 2.17. The van der Waals surface area contributed by atoms with E-state index < -0.39 is 12.0 Å². The van der Waals surface area contributed by atoms with Gasteiger partial charge in [0.2, 0.25) is 0 Å². The Bertz CT molecular complexity index is 85.4. The summed E-state index contributed by atoms with van der Waals surface area (Å²) in [5, 5.41) is 8.26. The minimum Gasteiger partial charge on any atom is -0.480 e. The summed E-state index contributed by atoms with van der Waals surface area (Å²) in [6.45, 7) is 0. The lowest BCUT2D eigenvalue weighted by Crippen LogP contribution is -2.31. The van der Waals surface area contributed by atoms with Crippen molar-refractivity contribution >= 4 is 41.5 Å². The third-order valence-corrected chi connectivity index (χ3v) is 1.73. The number of thiol groups is 1. The Labute approximate surface area is 66.7 Å². The molecule has 3 nitrogen and oxygen atoms in total. The fourth-order valence-corrected chi connectivity index (χ4v) is 1.24. The van der Waals surface area contributed by atoms with Crippen molar-refractivity contribution < 1.29 is 9.90 Å². The summed E-state index contributed by atoms with van der Waals surface area (Å²) in [7, 11) is 0. The number of carbonyl (C=O) groups is 1. The van der Waals surface area contributed by atoms with Gasteiger partial charge in [0.15, 0.2) is 0 Å². The summed E-state index contributed by atoms with van der Waals surface area (Å²) in [5.41, 5.74) is 0. The van der Waals surface area contributed by atoms with Crippen molar-refractivity contribution in [1.82, 2.24) is 3.53 Å². The van der Waals surface area contributed by atoms with Crippen molar-refractivity contribution in [1.29, 1.82) is 0 Å². The van der Waals surface area contributed by atoms with E-state index in [0.29, 0.717) is 5.75 Å². The van der Waals surface area contributed by atoms with E-state index in [0.717, 1.165) is 0 Å². The highest BCUT2D eigenvalue weighted by Gasteiger charge is 2.11. The lowest BCUT2D eigenvalue weighted by Gasteiger charge is -2.02. The van der Waals surface area contributed by atoms with Crippen LogP contribution in [0.3, 0.4) is 0 Å². The largest absolute Gasteiger partial charge is 0.480 e. The average molecular weight is 247 g/mol. The Morgan fingerprint density at radius 2 is 2.50 bits per heavy atom. The zero-order valence-electron chi connectivity index (χ0n) is 3.97. The maximum atomic E-state index is 10.0. The maximum absolute atomic E-state index is 10.0. The van der Waals surface area contributed by atoms with Crippen LogP contribution in [0.2, 0.25) is 0 Å². The molecule has 0 unspecified atom stereocenters. The van der Waals surface area contributed by atoms with E-state index in [1.54, 1.807) is 22.9 Å². The molecule has 0 saturated carbocycles. The molecule has 0 aliphatic carbocycles. The van der Waals surface area contributed by atoms with Crippen molar-refractivity contribution in [2.24, 2.45) is 0 Å². The van der Waals surface area contributed by atoms with E-state index in [1.165, 1.54) is 0 Å². The Morgan fingerprint density at radius 3 is 2.50 bits per heavy atom. The van der Waals surface area contributed by atoms with E-state index in [2.05, 4.69) is 16.2 Å². The van der Waals surface area contributed by atoms with Gasteiger partial charge in [-0.05, 0) is 0 Å². The molecule has 8 heavy (non-hydrogen) atoms. The molecular weight excluding hydrogens is 241 g/mol. The van der Waals surface area contributed by atoms with Gasteiger partial charge in [-0.1, -0.05) is 0 Å². The monoisotopic (exact) mass is 247 g/mol. The third kappa shape index (κ3) is 2.73. The molecule has 0 aliphatic rings. The molecule has 0 aromatic rings. The van der Waals surface area contributed by atoms with Gasteiger partial charge in [0.05, 0.1) is 0 Å². The first-order chi connectivity index (χ1) is 3.72. The summed E-state index contributed by atoms with van der Waals surface area (Å²) < 4.78 is 2.55. The van der Waals surface area contributed by atoms with Crippen LogP contribution < -0.4 is 3.53 Å². The molecule has 48 valence electrons. The van der Waals surface area contributed by atoms with Gasteiger partial charge >= 0.3 is 5.97 Å². The van der Waals surface area contributed by atoms with E-state index >= 15 is 0 Å². The number of aliphatic carboxylic acids is 1. The second kappa shape index (κ2) is 4.39. The first-order valence-electron chi connectivity index (χ1n) is 1.92. The van der Waals surface area contributed by atoms with Gasteiger partial charge in [-0.3, -0.25) is 4.79 Å². The lowest BCUT2D eigenvalue weighted by molar-refractivity contribution is -0.138. The van der Waals surface area contributed by atoms with Gasteiger partial charge in [-0.2, -0.15) is 12.6 Å². The molecule has 0 aromatic heterocycles. The standard InChI is InChI=1S/C3H6INO2S/c4-5-2(1-8)3(6)7/h2,5,8H,1H2,(H,6,7)/t2-/m1/s1. The number of carboxylic acid groups (broad SMARTS) is 1. The summed E-state index contributed by atoms with van der Waals surface area (Å²) in [6, 6.07) is -0.529. The summed E-state index contributed by atoms with van der Waals surface area (Å²) in [4.78, 5) is 10.0. The van der Waals surface area contributed by atoms with Crippen molar-refractivity contribution in [3.05, 3.63) is 0 Å². The topological polar surface area (TPSA) is 49.3 Å². The first kappa shape index (κ1) is 8.51. The lowest BCUT2D eigenvalue weighted by atomic mass is 10.4. The zero-order valence-corrected chi connectivity index (χ0v) is 7.02. The number of hydrogen-bond acceptors (Lipinski definition) is 3. The highest BCUT2D eigenvalue weighted by molar-refractivity contribution is 14.1. The molecule has 0 saturated heterocycles. The molecule has 0 radical (unpaired) electrons. The van der Waals surface area contributed by atoms with Crippen LogP contribution in [0, 0.1) is 0 Å². The molecule has 0 fully saturated rings. The molecule has 0 bridgehead atoms. The van der Waals surface area contributed by atoms with Gasteiger partial charge in [-0.15, -0.1) is 0 Å². The predicted molar refractivity (Wildman–Crippen MR) is 42.4 cm³/mol. The quantitative estimate of drug-likeness (QED) is 0.382. The molecule has 0 rings (SSSR count). The molecule has 0 heterocycles.